The minimum absolute atomic E-state index is 0. The first-order chi connectivity index (χ1) is 37.9. The number of nitrogens with two attached hydrogens (primary N) is 3. The zero-order chi connectivity index (χ0) is 54.3. The highest BCUT2D eigenvalue weighted by Gasteiger charge is 2.22. The van der Waals surface area contributed by atoms with Crippen molar-refractivity contribution in [1.82, 2.24) is 59.2 Å². The molecule has 6 N–H and O–H groups in total. The number of alkyl halides is 2. The molecule has 0 bridgehead atoms. The molecular weight excluding hydrogens is 1100 g/mol. The lowest BCUT2D eigenvalue weighted by Gasteiger charge is -2.12. The Labute approximate surface area is 491 Å². The van der Waals surface area contributed by atoms with Gasteiger partial charge in [-0.2, -0.15) is 15.3 Å². The lowest BCUT2D eigenvalue weighted by Crippen LogP contribution is -2.08. The van der Waals surface area contributed by atoms with Crippen molar-refractivity contribution in [1.29, 1.82) is 0 Å². The van der Waals surface area contributed by atoms with Crippen molar-refractivity contribution in [3.8, 4) is 33.8 Å². The van der Waals surface area contributed by atoms with Crippen molar-refractivity contribution in [2.75, 3.05) is 17.2 Å². The molecular formula is C62H63Cl4N15. The molecule has 0 spiro atoms. The minimum atomic E-state index is -0.242. The van der Waals surface area contributed by atoms with Gasteiger partial charge in [0.15, 0.2) is 16.9 Å². The molecule has 15 nitrogen and oxygen atoms in total. The Morgan fingerprint density at radius 3 is 1.02 bits per heavy atom. The number of nitrogens with zero attached hydrogens (tertiary/aromatic N) is 12. The van der Waals surface area contributed by atoms with E-state index in [1.807, 2.05) is 149 Å². The summed E-state index contributed by atoms with van der Waals surface area (Å²) in [6, 6.07) is 53.3. The quantitative estimate of drug-likeness (QED) is 0.0976. The highest BCUT2D eigenvalue weighted by molar-refractivity contribution is 6.31. The summed E-state index contributed by atoms with van der Waals surface area (Å²) in [6.07, 6.45) is 4.38. The van der Waals surface area contributed by atoms with Crippen LogP contribution in [0.1, 0.15) is 68.1 Å². The van der Waals surface area contributed by atoms with E-state index in [0.717, 1.165) is 55.6 Å². The molecule has 414 valence electrons. The molecule has 12 rings (SSSR count). The number of fused-ring (bicyclic) bond motifs is 3. The van der Waals surface area contributed by atoms with Crippen LogP contribution in [0.15, 0.2) is 183 Å². The Hall–Kier alpha value is -8.47. The van der Waals surface area contributed by atoms with Gasteiger partial charge in [-0.15, -0.1) is 23.2 Å². The SMILES string of the molecule is C.C.C.CC(Cn1nc(-c2ccc(Cl)cc2)c2c(N)ncnc21)c1ccccc1.Cc1ccc(-c2nn(CC(Cl)c3ccccc3)c3ncnc(N)c23)cc1.Nc1ncnc2c1c(-c1ccc(Cl)cc1)nn2CC(Cl)c1ccccc1. The van der Waals surface area contributed by atoms with Crippen molar-refractivity contribution >= 4 is 97.0 Å². The van der Waals surface area contributed by atoms with Crippen LogP contribution in [0.4, 0.5) is 17.5 Å². The van der Waals surface area contributed by atoms with E-state index in [2.05, 4.69) is 68.0 Å². The van der Waals surface area contributed by atoms with Crippen LogP contribution in [0, 0.1) is 6.92 Å². The van der Waals surface area contributed by atoms with Crippen LogP contribution < -0.4 is 17.2 Å². The topological polar surface area (TPSA) is 209 Å². The average molecular weight is 1160 g/mol. The van der Waals surface area contributed by atoms with Gasteiger partial charge in [0.2, 0.25) is 0 Å². The number of nitrogen functional groups attached to an aromatic ring is 3. The molecule has 0 amide bonds. The number of aromatic nitrogens is 12. The highest BCUT2D eigenvalue weighted by atomic mass is 35.5. The Bertz CT molecular complexity index is 3540. The van der Waals surface area contributed by atoms with E-state index >= 15 is 0 Å². The second kappa shape index (κ2) is 27.1. The molecule has 0 saturated carbocycles. The highest BCUT2D eigenvalue weighted by Crippen LogP contribution is 2.36. The number of benzene rings is 6. The summed E-state index contributed by atoms with van der Waals surface area (Å²) in [5.74, 6) is 1.52. The Morgan fingerprint density at radius 2 is 0.691 bits per heavy atom. The summed E-state index contributed by atoms with van der Waals surface area (Å²) >= 11 is 25.2. The van der Waals surface area contributed by atoms with E-state index in [9.17, 15) is 0 Å². The van der Waals surface area contributed by atoms with Gasteiger partial charge >= 0.3 is 0 Å². The summed E-state index contributed by atoms with van der Waals surface area (Å²) in [7, 11) is 0. The molecule has 19 heteroatoms. The van der Waals surface area contributed by atoms with E-state index in [-0.39, 0.29) is 39.0 Å². The number of hydrogen-bond acceptors (Lipinski definition) is 12. The van der Waals surface area contributed by atoms with Crippen molar-refractivity contribution in [3.63, 3.8) is 0 Å². The van der Waals surface area contributed by atoms with Crippen molar-refractivity contribution in [2.45, 2.75) is 72.4 Å². The van der Waals surface area contributed by atoms with Crippen LogP contribution in [0.25, 0.3) is 66.9 Å². The number of anilines is 3. The van der Waals surface area contributed by atoms with Gasteiger partial charge in [-0.1, -0.05) is 197 Å². The van der Waals surface area contributed by atoms with Crippen molar-refractivity contribution in [3.05, 3.63) is 215 Å². The first-order valence-corrected chi connectivity index (χ1v) is 26.5. The second-order valence-corrected chi connectivity index (χ2v) is 20.3. The standard InChI is InChI=1S/2C20H18ClN5.C19H15Cl2N5.3CH4/c1-13(14-5-3-2-4-6-14)11-26-20-17(19(22)23-12-24-20)18(25-26)15-7-9-16(21)10-8-15;1-13-7-9-15(10-8-13)18-17-19(22)23-12-24-20(17)26(25-18)11-16(21)14-5-3-2-4-6-14;20-14-8-6-13(7-9-14)17-16-18(22)23-11-24-19(16)26(25-17)10-15(21)12-4-2-1-3-5-12;;;/h2-10,12-13H,11H2,1H3,(H2,22,23,24);2-10,12,16H,11H2,1H3,(H2,22,23,24);1-9,11,15H,10H2,(H2,22,23,24);3*1H4. The van der Waals surface area contributed by atoms with Gasteiger partial charge in [0.05, 0.1) is 40.0 Å². The van der Waals surface area contributed by atoms with E-state index in [1.54, 1.807) is 4.68 Å². The molecule has 6 heterocycles. The average Bonchev–Trinajstić information content (AvgIpc) is 4.38. The molecule has 12 aromatic rings. The maximum Gasteiger partial charge on any atom is 0.164 e. The predicted octanol–water partition coefficient (Wildman–Crippen LogP) is 15.5. The Kier molecular flexibility index (Phi) is 20.2. The summed E-state index contributed by atoms with van der Waals surface area (Å²) in [4.78, 5) is 25.6. The number of rotatable bonds is 12. The molecule has 6 aromatic heterocycles. The number of aryl methyl sites for hydroxylation is 1. The molecule has 0 aliphatic heterocycles. The minimum Gasteiger partial charge on any atom is -0.383 e. The van der Waals surface area contributed by atoms with Crippen LogP contribution in [-0.4, -0.2) is 59.2 Å². The normalized spacial score (nSPS) is 11.9. The van der Waals surface area contributed by atoms with Gasteiger partial charge in [0.1, 0.15) is 53.5 Å². The third kappa shape index (κ3) is 13.6. The number of hydrogen-bond donors (Lipinski definition) is 3. The predicted molar refractivity (Wildman–Crippen MR) is 335 cm³/mol. The molecule has 3 atom stereocenters. The zero-order valence-corrected chi connectivity index (χ0v) is 45.3. The lowest BCUT2D eigenvalue weighted by atomic mass is 10.0. The van der Waals surface area contributed by atoms with E-state index in [0.29, 0.717) is 69.5 Å². The lowest BCUT2D eigenvalue weighted by molar-refractivity contribution is 0.556. The second-order valence-electron chi connectivity index (χ2n) is 18.4. The smallest absolute Gasteiger partial charge is 0.164 e. The van der Waals surface area contributed by atoms with Gasteiger partial charge in [-0.05, 0) is 47.9 Å². The fraction of sp³-hybridized carbons (Fsp3) is 0.177. The summed E-state index contributed by atoms with van der Waals surface area (Å²) in [5.41, 5.74) is 30.1. The zero-order valence-electron chi connectivity index (χ0n) is 42.3. The van der Waals surface area contributed by atoms with Crippen molar-refractivity contribution in [2.24, 2.45) is 0 Å². The summed E-state index contributed by atoms with van der Waals surface area (Å²) in [5, 5.41) is 17.4. The first kappa shape index (κ1) is 60.2. The van der Waals surface area contributed by atoms with Crippen LogP contribution in [-0.2, 0) is 19.6 Å². The van der Waals surface area contributed by atoms with Gasteiger partial charge in [-0.3, -0.25) is 0 Å². The molecule has 3 unspecified atom stereocenters. The van der Waals surface area contributed by atoms with E-state index in [1.165, 1.54) is 30.1 Å². The largest absolute Gasteiger partial charge is 0.383 e. The van der Waals surface area contributed by atoms with Gasteiger partial charge < -0.3 is 17.2 Å². The first-order valence-electron chi connectivity index (χ1n) is 24.8. The Morgan fingerprint density at radius 1 is 0.395 bits per heavy atom. The van der Waals surface area contributed by atoms with Crippen LogP contribution in [0.5, 0.6) is 0 Å². The van der Waals surface area contributed by atoms with E-state index in [4.69, 9.17) is 78.9 Å². The molecule has 0 aliphatic carbocycles. The molecule has 0 fully saturated rings. The summed E-state index contributed by atoms with van der Waals surface area (Å²) < 4.78 is 5.50. The molecule has 81 heavy (non-hydrogen) atoms. The number of halogens is 4. The third-order valence-corrected chi connectivity index (χ3v) is 14.3. The Balaban J connectivity index is 0.000000172. The fourth-order valence-corrected chi connectivity index (χ4v) is 9.80. The molecule has 0 aliphatic rings. The molecule has 0 saturated heterocycles. The molecule has 0 radical (unpaired) electrons. The third-order valence-electron chi connectivity index (χ3n) is 13.0. The van der Waals surface area contributed by atoms with Crippen LogP contribution >= 0.6 is 46.4 Å². The van der Waals surface area contributed by atoms with Crippen LogP contribution in [0.2, 0.25) is 10.0 Å². The van der Waals surface area contributed by atoms with Crippen LogP contribution in [0.3, 0.4) is 0 Å². The van der Waals surface area contributed by atoms with E-state index < -0.39 is 0 Å². The van der Waals surface area contributed by atoms with Gasteiger partial charge in [0, 0.05) is 39.2 Å². The fourth-order valence-electron chi connectivity index (χ4n) is 8.99. The summed E-state index contributed by atoms with van der Waals surface area (Å²) in [6.45, 7) is 5.88. The maximum absolute atomic E-state index is 6.62. The van der Waals surface area contributed by atoms with Gasteiger partial charge in [0.25, 0.3) is 0 Å². The molecule has 6 aromatic carbocycles. The van der Waals surface area contributed by atoms with Gasteiger partial charge in [-0.25, -0.2) is 43.9 Å². The van der Waals surface area contributed by atoms with Crippen molar-refractivity contribution < 1.29 is 0 Å². The maximum atomic E-state index is 6.62. The monoisotopic (exact) mass is 1160 g/mol.